The van der Waals surface area contributed by atoms with Crippen LogP contribution in [-0.2, 0) is 6.54 Å². The van der Waals surface area contributed by atoms with Crippen LogP contribution in [0.3, 0.4) is 0 Å². The molecule has 15 heavy (non-hydrogen) atoms. The molecular weight excluding hydrogens is 194 g/mol. The summed E-state index contributed by atoms with van der Waals surface area (Å²) in [6.07, 6.45) is 2.06. The van der Waals surface area contributed by atoms with Crippen LogP contribution in [0.2, 0.25) is 0 Å². The highest BCUT2D eigenvalue weighted by Crippen LogP contribution is 2.41. The lowest BCUT2D eigenvalue weighted by Crippen LogP contribution is -2.08. The monoisotopic (exact) mass is 207 g/mol. The number of hydrogen-bond donors (Lipinski definition) is 1. The molecule has 1 aromatic heterocycles. The van der Waals surface area contributed by atoms with Crippen molar-refractivity contribution in [1.29, 1.82) is 0 Å². The van der Waals surface area contributed by atoms with Gasteiger partial charge < -0.3 is 5.11 Å². The van der Waals surface area contributed by atoms with E-state index in [1.165, 1.54) is 0 Å². The summed E-state index contributed by atoms with van der Waals surface area (Å²) in [5.41, 5.74) is 1.79. The fraction of sp³-hybridized carbons (Fsp3) is 0.500. The minimum absolute atomic E-state index is 0.0961. The highest BCUT2D eigenvalue weighted by molar-refractivity contribution is 5.86. The lowest BCUT2D eigenvalue weighted by molar-refractivity contribution is 0.0689. The predicted octanol–water partition coefficient (Wildman–Crippen LogP) is 1.43. The van der Waals surface area contributed by atoms with Crippen molar-refractivity contribution in [1.82, 2.24) is 15.0 Å². The summed E-state index contributed by atoms with van der Waals surface area (Å²) < 4.78 is 1.66. The second-order valence-corrected chi connectivity index (χ2v) is 4.02. The number of rotatable bonds is 4. The molecule has 0 unspecified atom stereocenters. The zero-order valence-corrected chi connectivity index (χ0v) is 8.60. The van der Waals surface area contributed by atoms with Gasteiger partial charge in [-0.1, -0.05) is 17.4 Å². The first-order chi connectivity index (χ1) is 7.09. The Hall–Kier alpha value is -1.65. The summed E-state index contributed by atoms with van der Waals surface area (Å²) in [5.74, 6) is -0.671. The van der Waals surface area contributed by atoms with Crippen molar-refractivity contribution in [2.75, 3.05) is 0 Å². The molecule has 1 heterocycles. The van der Waals surface area contributed by atoms with E-state index in [0.29, 0.717) is 12.5 Å². The summed E-state index contributed by atoms with van der Waals surface area (Å²) >= 11 is 0. The zero-order chi connectivity index (χ0) is 11.0. The van der Waals surface area contributed by atoms with E-state index in [9.17, 15) is 4.79 Å². The number of carboxylic acid groups (broad SMARTS) is 1. The van der Waals surface area contributed by atoms with Crippen LogP contribution in [-0.4, -0.2) is 26.1 Å². The first-order valence-electron chi connectivity index (χ1n) is 4.90. The first-order valence-corrected chi connectivity index (χ1v) is 4.90. The number of allylic oxidation sites excluding steroid dienone is 1. The smallest absolute Gasteiger partial charge is 0.358 e. The van der Waals surface area contributed by atoms with Crippen molar-refractivity contribution in [3.8, 4) is 0 Å². The molecule has 0 spiro atoms. The maximum Gasteiger partial charge on any atom is 0.358 e. The number of carboxylic acids is 1. The Balaban J connectivity index is 2.37. The molecule has 0 atom stereocenters. The molecule has 5 heteroatoms. The van der Waals surface area contributed by atoms with Gasteiger partial charge in [0.25, 0.3) is 0 Å². The molecule has 1 saturated carbocycles. The zero-order valence-electron chi connectivity index (χ0n) is 8.60. The Labute approximate surface area is 87.4 Å². The van der Waals surface area contributed by atoms with Crippen molar-refractivity contribution >= 4 is 5.97 Å². The van der Waals surface area contributed by atoms with Crippen molar-refractivity contribution in [2.24, 2.45) is 0 Å². The maximum absolute atomic E-state index is 10.9. The summed E-state index contributed by atoms with van der Waals surface area (Å²) in [6, 6.07) is 0. The van der Waals surface area contributed by atoms with Crippen LogP contribution in [0.15, 0.2) is 12.2 Å². The summed E-state index contributed by atoms with van der Waals surface area (Å²) in [4.78, 5) is 10.9. The molecule has 0 aliphatic heterocycles. The van der Waals surface area contributed by atoms with E-state index in [0.717, 1.165) is 24.1 Å². The van der Waals surface area contributed by atoms with Crippen LogP contribution in [0.1, 0.15) is 41.9 Å². The molecule has 0 bridgehead atoms. The lowest BCUT2D eigenvalue weighted by Gasteiger charge is -2.04. The van der Waals surface area contributed by atoms with Crippen molar-refractivity contribution in [2.45, 2.75) is 32.2 Å². The quantitative estimate of drug-likeness (QED) is 0.758. The third-order valence-corrected chi connectivity index (χ3v) is 2.36. The number of aromatic nitrogens is 3. The standard InChI is InChI=1S/C10H13N3O2/c1-6(2)5-13-9(7-3-4-7)8(10(14)15)11-12-13/h7H,1,3-5H2,2H3,(H,14,15). The second-order valence-electron chi connectivity index (χ2n) is 4.02. The van der Waals surface area contributed by atoms with E-state index in [-0.39, 0.29) is 5.69 Å². The molecule has 0 amide bonds. The van der Waals surface area contributed by atoms with E-state index in [4.69, 9.17) is 5.11 Å². The average Bonchev–Trinajstić information content (AvgIpc) is 2.87. The van der Waals surface area contributed by atoms with Gasteiger partial charge in [0.05, 0.1) is 12.2 Å². The Morgan fingerprint density at radius 1 is 1.67 bits per heavy atom. The van der Waals surface area contributed by atoms with E-state index in [1.807, 2.05) is 6.92 Å². The van der Waals surface area contributed by atoms with Crippen molar-refractivity contribution in [3.05, 3.63) is 23.5 Å². The topological polar surface area (TPSA) is 68.0 Å². The Kier molecular flexibility index (Phi) is 2.30. The van der Waals surface area contributed by atoms with Gasteiger partial charge in [0, 0.05) is 5.92 Å². The SMILES string of the molecule is C=C(C)Cn1nnc(C(=O)O)c1C1CC1. The highest BCUT2D eigenvalue weighted by Gasteiger charge is 2.33. The third-order valence-electron chi connectivity index (χ3n) is 2.36. The van der Waals surface area contributed by atoms with E-state index < -0.39 is 5.97 Å². The Morgan fingerprint density at radius 2 is 2.33 bits per heavy atom. The number of hydrogen-bond acceptors (Lipinski definition) is 3. The van der Waals surface area contributed by atoms with Gasteiger partial charge in [-0.05, 0) is 19.8 Å². The summed E-state index contributed by atoms with van der Waals surface area (Å²) in [7, 11) is 0. The maximum atomic E-state index is 10.9. The number of aromatic carboxylic acids is 1. The first kappa shape index (κ1) is 9.89. The molecule has 1 aliphatic carbocycles. The van der Waals surface area contributed by atoms with Crippen molar-refractivity contribution < 1.29 is 9.90 Å². The van der Waals surface area contributed by atoms with Crippen molar-refractivity contribution in [3.63, 3.8) is 0 Å². The van der Waals surface area contributed by atoms with Gasteiger partial charge in [0.1, 0.15) is 0 Å². The molecule has 0 aromatic carbocycles. The van der Waals surface area contributed by atoms with Crippen LogP contribution in [0.4, 0.5) is 0 Å². The molecule has 0 saturated heterocycles. The second kappa shape index (κ2) is 3.49. The van der Waals surface area contributed by atoms with E-state index in [1.54, 1.807) is 4.68 Å². The van der Waals surface area contributed by atoms with Crippen LogP contribution in [0.25, 0.3) is 0 Å². The number of carbonyl (C=O) groups is 1. The fourth-order valence-corrected chi connectivity index (χ4v) is 1.61. The van der Waals surface area contributed by atoms with Gasteiger partial charge >= 0.3 is 5.97 Å². The van der Waals surface area contributed by atoms with Gasteiger partial charge in [-0.3, -0.25) is 0 Å². The van der Waals surface area contributed by atoms with Crippen LogP contribution < -0.4 is 0 Å². The average molecular weight is 207 g/mol. The molecule has 1 N–H and O–H groups in total. The minimum atomic E-state index is -0.995. The lowest BCUT2D eigenvalue weighted by atomic mass is 10.2. The molecule has 1 aromatic rings. The Bertz CT molecular complexity index is 418. The predicted molar refractivity (Wildman–Crippen MR) is 53.8 cm³/mol. The summed E-state index contributed by atoms with van der Waals surface area (Å²) in [6.45, 7) is 6.22. The molecule has 80 valence electrons. The molecule has 1 aliphatic rings. The van der Waals surface area contributed by atoms with Crippen LogP contribution >= 0.6 is 0 Å². The molecule has 0 radical (unpaired) electrons. The molecule has 5 nitrogen and oxygen atoms in total. The molecular formula is C10H13N3O2. The number of nitrogens with zero attached hydrogens (tertiary/aromatic N) is 3. The molecule has 1 fully saturated rings. The van der Waals surface area contributed by atoms with Gasteiger partial charge in [0.2, 0.25) is 0 Å². The largest absolute Gasteiger partial charge is 0.476 e. The minimum Gasteiger partial charge on any atom is -0.476 e. The molecule has 2 rings (SSSR count). The van der Waals surface area contributed by atoms with E-state index in [2.05, 4.69) is 16.9 Å². The third kappa shape index (κ3) is 1.91. The van der Waals surface area contributed by atoms with Gasteiger partial charge in [-0.2, -0.15) is 0 Å². The van der Waals surface area contributed by atoms with Crippen LogP contribution in [0, 0.1) is 0 Å². The summed E-state index contributed by atoms with van der Waals surface area (Å²) in [5, 5.41) is 16.5. The normalized spacial score (nSPS) is 15.3. The fourth-order valence-electron chi connectivity index (χ4n) is 1.61. The van der Waals surface area contributed by atoms with Gasteiger partial charge in [-0.25, -0.2) is 9.48 Å². The van der Waals surface area contributed by atoms with Gasteiger partial charge in [-0.15, -0.1) is 5.10 Å². The highest BCUT2D eigenvalue weighted by atomic mass is 16.4. The van der Waals surface area contributed by atoms with Crippen LogP contribution in [0.5, 0.6) is 0 Å². The Morgan fingerprint density at radius 3 is 2.80 bits per heavy atom. The van der Waals surface area contributed by atoms with Gasteiger partial charge in [0.15, 0.2) is 5.69 Å². The van der Waals surface area contributed by atoms with E-state index >= 15 is 0 Å².